The van der Waals surface area contributed by atoms with Gasteiger partial charge in [0, 0.05) is 0 Å². The minimum absolute atomic E-state index is 0. The number of benzene rings is 1. The molecule has 0 amide bonds. The Bertz CT molecular complexity index is 368. The second kappa shape index (κ2) is 9.02. The lowest BCUT2D eigenvalue weighted by Gasteiger charge is -2.25. The minimum Gasteiger partial charge on any atom is -1.00 e. The summed E-state index contributed by atoms with van der Waals surface area (Å²) >= 11 is 0. The Hall–Kier alpha value is -1.01. The molecule has 1 aromatic rings. The second-order valence-corrected chi connectivity index (χ2v) is 4.71. The SMILES string of the molecule is COc1ccc(OCC(O)C[NH+]2CCOCC2)cc1.[Cl-]. The summed E-state index contributed by atoms with van der Waals surface area (Å²) in [4.78, 5) is 1.37. The number of halogens is 1. The van der Waals surface area contributed by atoms with Crippen LogP contribution in [0.3, 0.4) is 0 Å². The van der Waals surface area contributed by atoms with E-state index in [0.29, 0.717) is 13.2 Å². The van der Waals surface area contributed by atoms with Crippen molar-refractivity contribution in [3.8, 4) is 11.5 Å². The standard InChI is InChI=1S/C14H21NO4.ClH/c1-17-13-2-4-14(5-3-13)19-11-12(16)10-15-6-8-18-9-7-15;/h2-5,12,16H,6-11H2,1H3;1H. The van der Waals surface area contributed by atoms with Gasteiger partial charge in [0.15, 0.2) is 0 Å². The summed E-state index contributed by atoms with van der Waals surface area (Å²) < 4.78 is 15.9. The van der Waals surface area contributed by atoms with Crippen LogP contribution in [0.2, 0.25) is 0 Å². The van der Waals surface area contributed by atoms with E-state index in [1.807, 2.05) is 24.3 Å². The lowest BCUT2D eigenvalue weighted by atomic mass is 10.3. The summed E-state index contributed by atoms with van der Waals surface area (Å²) in [5, 5.41) is 9.95. The molecule has 6 heteroatoms. The molecule has 1 aliphatic heterocycles. The summed E-state index contributed by atoms with van der Waals surface area (Å²) in [6.45, 7) is 4.50. The normalized spacial score (nSPS) is 17.1. The van der Waals surface area contributed by atoms with E-state index in [2.05, 4.69) is 0 Å². The topological polar surface area (TPSA) is 52.4 Å². The van der Waals surface area contributed by atoms with Gasteiger partial charge in [0.05, 0.1) is 20.3 Å². The highest BCUT2D eigenvalue weighted by atomic mass is 35.5. The van der Waals surface area contributed by atoms with Crippen LogP contribution in [0.25, 0.3) is 0 Å². The zero-order valence-corrected chi connectivity index (χ0v) is 12.4. The fraction of sp³-hybridized carbons (Fsp3) is 0.571. The van der Waals surface area contributed by atoms with E-state index < -0.39 is 6.10 Å². The first-order valence-corrected chi connectivity index (χ1v) is 6.64. The van der Waals surface area contributed by atoms with Crippen LogP contribution in [0.15, 0.2) is 24.3 Å². The third kappa shape index (κ3) is 5.54. The van der Waals surface area contributed by atoms with Crippen molar-refractivity contribution in [1.29, 1.82) is 0 Å². The molecule has 0 aromatic heterocycles. The van der Waals surface area contributed by atoms with E-state index in [4.69, 9.17) is 14.2 Å². The van der Waals surface area contributed by atoms with Crippen LogP contribution in [0.4, 0.5) is 0 Å². The van der Waals surface area contributed by atoms with Gasteiger partial charge in [0.25, 0.3) is 0 Å². The van der Waals surface area contributed by atoms with Crippen LogP contribution in [0.1, 0.15) is 0 Å². The van der Waals surface area contributed by atoms with Crippen molar-refractivity contribution in [3.63, 3.8) is 0 Å². The van der Waals surface area contributed by atoms with E-state index >= 15 is 0 Å². The largest absolute Gasteiger partial charge is 1.00 e. The van der Waals surface area contributed by atoms with Crippen molar-refractivity contribution < 1.29 is 36.6 Å². The van der Waals surface area contributed by atoms with Crippen molar-refractivity contribution in [2.45, 2.75) is 6.10 Å². The zero-order valence-electron chi connectivity index (χ0n) is 11.7. The predicted octanol–water partition coefficient (Wildman–Crippen LogP) is -3.65. The fourth-order valence-electron chi connectivity index (χ4n) is 2.12. The molecule has 1 atom stereocenters. The number of morpholine rings is 1. The summed E-state index contributed by atoms with van der Waals surface area (Å²) in [5.41, 5.74) is 0. The summed E-state index contributed by atoms with van der Waals surface area (Å²) in [7, 11) is 1.63. The van der Waals surface area contributed by atoms with Crippen LogP contribution in [0.5, 0.6) is 11.5 Å². The second-order valence-electron chi connectivity index (χ2n) is 4.71. The Balaban J connectivity index is 0.00000200. The van der Waals surface area contributed by atoms with Gasteiger partial charge < -0.3 is 36.6 Å². The van der Waals surface area contributed by atoms with Gasteiger partial charge >= 0.3 is 0 Å². The molecule has 1 aliphatic rings. The van der Waals surface area contributed by atoms with Crippen LogP contribution in [-0.2, 0) is 4.74 Å². The molecule has 2 N–H and O–H groups in total. The molecule has 1 aromatic carbocycles. The number of ether oxygens (including phenoxy) is 3. The quantitative estimate of drug-likeness (QED) is 0.569. The molecule has 0 bridgehead atoms. The predicted molar refractivity (Wildman–Crippen MR) is 70.9 cm³/mol. The maximum atomic E-state index is 9.95. The van der Waals surface area contributed by atoms with E-state index in [1.165, 1.54) is 4.90 Å². The first-order valence-electron chi connectivity index (χ1n) is 6.64. The molecule has 0 aliphatic carbocycles. The Kier molecular flexibility index (Phi) is 7.69. The highest BCUT2D eigenvalue weighted by Crippen LogP contribution is 2.16. The molecule has 0 spiro atoms. The average molecular weight is 304 g/mol. The van der Waals surface area contributed by atoms with Gasteiger partial charge in [-0.05, 0) is 24.3 Å². The van der Waals surface area contributed by atoms with E-state index in [-0.39, 0.29) is 12.4 Å². The van der Waals surface area contributed by atoms with Gasteiger partial charge in [-0.1, -0.05) is 0 Å². The van der Waals surface area contributed by atoms with Crippen LogP contribution in [0, 0.1) is 0 Å². The molecule has 1 fully saturated rings. The average Bonchev–Trinajstić information content (AvgIpc) is 2.47. The Labute approximate surface area is 125 Å². The van der Waals surface area contributed by atoms with E-state index in [0.717, 1.165) is 37.8 Å². The van der Waals surface area contributed by atoms with Crippen molar-refractivity contribution in [2.75, 3.05) is 46.6 Å². The summed E-state index contributed by atoms with van der Waals surface area (Å²) in [6.07, 6.45) is -0.449. The van der Waals surface area contributed by atoms with Crippen molar-refractivity contribution in [2.24, 2.45) is 0 Å². The van der Waals surface area contributed by atoms with Crippen LogP contribution < -0.4 is 26.8 Å². The molecular formula is C14H22ClNO4. The minimum atomic E-state index is -0.449. The Morgan fingerprint density at radius 3 is 2.40 bits per heavy atom. The Morgan fingerprint density at radius 1 is 1.20 bits per heavy atom. The third-order valence-electron chi connectivity index (χ3n) is 3.23. The molecule has 0 radical (unpaired) electrons. The first-order chi connectivity index (χ1) is 9.28. The molecule has 5 nitrogen and oxygen atoms in total. The smallest absolute Gasteiger partial charge is 0.137 e. The van der Waals surface area contributed by atoms with Crippen molar-refractivity contribution in [1.82, 2.24) is 0 Å². The molecule has 0 saturated carbocycles. The van der Waals surface area contributed by atoms with Crippen LogP contribution >= 0.6 is 0 Å². The lowest BCUT2D eigenvalue weighted by Crippen LogP contribution is -3.15. The van der Waals surface area contributed by atoms with Gasteiger partial charge in [-0.15, -0.1) is 0 Å². The van der Waals surface area contributed by atoms with E-state index in [9.17, 15) is 5.11 Å². The number of hydrogen-bond donors (Lipinski definition) is 2. The third-order valence-corrected chi connectivity index (χ3v) is 3.23. The number of aliphatic hydroxyl groups excluding tert-OH is 1. The maximum Gasteiger partial charge on any atom is 0.137 e. The monoisotopic (exact) mass is 303 g/mol. The van der Waals surface area contributed by atoms with Gasteiger partial charge in [-0.25, -0.2) is 0 Å². The Morgan fingerprint density at radius 2 is 1.80 bits per heavy atom. The summed E-state index contributed by atoms with van der Waals surface area (Å²) in [5.74, 6) is 1.54. The van der Waals surface area contributed by atoms with Gasteiger partial charge in [-0.2, -0.15) is 0 Å². The van der Waals surface area contributed by atoms with Crippen molar-refractivity contribution in [3.05, 3.63) is 24.3 Å². The molecule has 1 saturated heterocycles. The van der Waals surface area contributed by atoms with Gasteiger partial charge in [0.1, 0.15) is 43.8 Å². The van der Waals surface area contributed by atoms with Crippen LogP contribution in [-0.4, -0.2) is 57.8 Å². The number of quaternary nitrogens is 1. The van der Waals surface area contributed by atoms with Gasteiger partial charge in [-0.3, -0.25) is 0 Å². The number of methoxy groups -OCH3 is 1. The zero-order chi connectivity index (χ0) is 13.5. The van der Waals surface area contributed by atoms with Gasteiger partial charge in [0.2, 0.25) is 0 Å². The number of nitrogens with one attached hydrogen (secondary N) is 1. The summed E-state index contributed by atoms with van der Waals surface area (Å²) in [6, 6.07) is 7.37. The highest BCUT2D eigenvalue weighted by Gasteiger charge is 2.18. The molecule has 20 heavy (non-hydrogen) atoms. The first kappa shape index (κ1) is 17.0. The molecule has 1 heterocycles. The fourth-order valence-corrected chi connectivity index (χ4v) is 2.12. The van der Waals surface area contributed by atoms with E-state index in [1.54, 1.807) is 7.11 Å². The molecule has 1 unspecified atom stereocenters. The van der Waals surface area contributed by atoms with Crippen molar-refractivity contribution >= 4 is 0 Å². The molecule has 114 valence electrons. The number of aliphatic hydroxyl groups is 1. The maximum absolute atomic E-state index is 9.95. The molecular weight excluding hydrogens is 282 g/mol. The lowest BCUT2D eigenvalue weighted by molar-refractivity contribution is -0.911. The highest BCUT2D eigenvalue weighted by molar-refractivity contribution is 5.31. The number of hydrogen-bond acceptors (Lipinski definition) is 4. The molecule has 2 rings (SSSR count). The number of rotatable bonds is 6.